The fraction of sp³-hybridized carbons (Fsp3) is 0.355. The maximum absolute atomic E-state index is 13.4. The van der Waals surface area contributed by atoms with Crippen LogP contribution in [0.25, 0.3) is 16.6 Å². The number of pyridine rings is 2. The predicted octanol–water partition coefficient (Wildman–Crippen LogP) is 4.01. The second-order valence-corrected chi connectivity index (χ2v) is 10.9. The average Bonchev–Trinajstić information content (AvgIpc) is 3.52. The predicted molar refractivity (Wildman–Crippen MR) is 160 cm³/mol. The minimum absolute atomic E-state index is 0.240. The zero-order valence-corrected chi connectivity index (χ0v) is 24.0. The largest absolute Gasteiger partial charge is 0.492 e. The monoisotopic (exact) mass is 552 g/mol. The minimum Gasteiger partial charge on any atom is -0.492 e. The van der Waals surface area contributed by atoms with Crippen LogP contribution in [0.2, 0.25) is 0 Å². The lowest BCUT2D eigenvalue weighted by Crippen LogP contribution is -2.50. The van der Waals surface area contributed by atoms with Gasteiger partial charge in [0.25, 0.3) is 5.91 Å². The first kappa shape index (κ1) is 26.9. The molecule has 41 heavy (non-hydrogen) atoms. The van der Waals surface area contributed by atoms with Gasteiger partial charge in [0.1, 0.15) is 23.7 Å². The number of likely N-dealkylation sites (N-methyl/N-ethyl adjacent to an activating group) is 1. The number of piperazine rings is 1. The van der Waals surface area contributed by atoms with Gasteiger partial charge in [-0.05, 0) is 58.2 Å². The number of benzene rings is 1. The highest BCUT2D eigenvalue weighted by molar-refractivity contribution is 6.08. The number of carbonyl (C=O) groups is 1. The molecule has 10 heteroatoms. The molecule has 5 aromatic rings. The average molecular weight is 553 g/mol. The van der Waals surface area contributed by atoms with E-state index in [1.165, 1.54) is 0 Å². The Labute approximate surface area is 239 Å². The molecule has 212 valence electrons. The van der Waals surface area contributed by atoms with E-state index in [0.29, 0.717) is 36.2 Å². The van der Waals surface area contributed by atoms with E-state index >= 15 is 0 Å². The normalized spacial score (nSPS) is 16.4. The van der Waals surface area contributed by atoms with Crippen molar-refractivity contribution in [3.05, 3.63) is 83.7 Å². The van der Waals surface area contributed by atoms with Crippen LogP contribution in [-0.2, 0) is 6.54 Å². The highest BCUT2D eigenvalue weighted by atomic mass is 16.5. The van der Waals surface area contributed by atoms with Crippen LogP contribution in [0.5, 0.6) is 5.75 Å². The van der Waals surface area contributed by atoms with Crippen molar-refractivity contribution in [3.8, 4) is 5.75 Å². The molecule has 0 unspecified atom stereocenters. The smallest absolute Gasteiger partial charge is 0.274 e. The van der Waals surface area contributed by atoms with Crippen LogP contribution in [0, 0.1) is 13.8 Å². The lowest BCUT2D eigenvalue weighted by molar-refractivity contribution is 0.0928. The number of carbonyl (C=O) groups excluding carboxylic acids is 1. The minimum atomic E-state index is -0.240. The highest BCUT2D eigenvalue weighted by Gasteiger charge is 2.21. The van der Waals surface area contributed by atoms with Crippen molar-refractivity contribution in [2.75, 3.05) is 45.2 Å². The summed E-state index contributed by atoms with van der Waals surface area (Å²) in [5.41, 5.74) is 5.51. The molecule has 1 amide bonds. The molecule has 4 aromatic heterocycles. The summed E-state index contributed by atoms with van der Waals surface area (Å²) in [5, 5.41) is 8.75. The van der Waals surface area contributed by atoms with Gasteiger partial charge in [-0.15, -0.1) is 0 Å². The van der Waals surface area contributed by atoms with Gasteiger partial charge >= 0.3 is 0 Å². The molecule has 1 N–H and O–H groups in total. The van der Waals surface area contributed by atoms with Crippen molar-refractivity contribution in [1.29, 1.82) is 0 Å². The molecule has 1 aliphatic rings. The Morgan fingerprint density at radius 1 is 1.12 bits per heavy atom. The molecular weight excluding hydrogens is 516 g/mol. The Hall–Kier alpha value is -4.28. The summed E-state index contributed by atoms with van der Waals surface area (Å²) in [7, 11) is 2.17. The molecule has 5 heterocycles. The molecule has 1 fully saturated rings. The van der Waals surface area contributed by atoms with Gasteiger partial charge in [0.2, 0.25) is 0 Å². The molecule has 0 radical (unpaired) electrons. The maximum atomic E-state index is 13.4. The summed E-state index contributed by atoms with van der Waals surface area (Å²) in [6, 6.07) is 16.1. The van der Waals surface area contributed by atoms with Crippen LogP contribution in [0.4, 0.5) is 5.69 Å². The molecule has 10 nitrogen and oxygen atoms in total. The van der Waals surface area contributed by atoms with Crippen molar-refractivity contribution in [3.63, 3.8) is 0 Å². The number of nitrogens with one attached hydrogen (secondary N) is 1. The van der Waals surface area contributed by atoms with Gasteiger partial charge in [-0.25, -0.2) is 4.98 Å². The first-order chi connectivity index (χ1) is 19.9. The summed E-state index contributed by atoms with van der Waals surface area (Å²) in [6.45, 7) is 11.4. The first-order valence-corrected chi connectivity index (χ1v) is 14.1. The van der Waals surface area contributed by atoms with E-state index in [1.54, 1.807) is 10.6 Å². The molecule has 1 aliphatic heterocycles. The van der Waals surface area contributed by atoms with E-state index in [2.05, 4.69) is 39.1 Å². The third kappa shape index (κ3) is 5.66. The zero-order chi connectivity index (χ0) is 28.5. The molecule has 1 saturated heterocycles. The van der Waals surface area contributed by atoms with Crippen molar-refractivity contribution in [2.24, 2.45) is 0 Å². The molecule has 6 rings (SSSR count). The molecule has 0 spiro atoms. The fourth-order valence-corrected chi connectivity index (χ4v) is 5.51. The number of amides is 1. The number of aryl methyl sites for hydroxylation is 2. The van der Waals surface area contributed by atoms with E-state index in [-0.39, 0.29) is 5.91 Å². The van der Waals surface area contributed by atoms with Crippen molar-refractivity contribution < 1.29 is 9.53 Å². The Balaban J connectivity index is 1.15. The Morgan fingerprint density at radius 2 is 1.98 bits per heavy atom. The number of rotatable bonds is 8. The summed E-state index contributed by atoms with van der Waals surface area (Å²) in [6.07, 6.45) is 3.43. The third-order valence-electron chi connectivity index (χ3n) is 7.90. The summed E-state index contributed by atoms with van der Waals surface area (Å²) < 4.78 is 9.75. The Morgan fingerprint density at radius 3 is 2.80 bits per heavy atom. The number of imidazole rings is 1. The van der Waals surface area contributed by atoms with Crippen LogP contribution in [-0.4, -0.2) is 85.7 Å². The first-order valence-electron chi connectivity index (χ1n) is 14.1. The summed E-state index contributed by atoms with van der Waals surface area (Å²) in [5.74, 6) is 0.503. The second-order valence-electron chi connectivity index (χ2n) is 10.9. The van der Waals surface area contributed by atoms with Crippen LogP contribution in [0.3, 0.4) is 0 Å². The van der Waals surface area contributed by atoms with Gasteiger partial charge in [-0.3, -0.25) is 23.8 Å². The number of hydrogen-bond acceptors (Lipinski definition) is 7. The van der Waals surface area contributed by atoms with E-state index in [9.17, 15) is 4.79 Å². The standard InChI is InChI=1S/C31H36N8O2/c1-21-7-5-8-24(33-21)20-39-27-10-6-9-26(30(27)23(3)35-39)34-31(40)28-18-32-29-17-25(11-12-38(28)29)41-16-15-37-14-13-36(4)22(2)19-37/h5-12,17-18,22H,13-16,19-20H2,1-4H3,(H,34,40)/t22-/m0/s1. The number of aromatic nitrogens is 5. The Bertz CT molecular complexity index is 1710. The molecule has 1 atom stereocenters. The highest BCUT2D eigenvalue weighted by Crippen LogP contribution is 2.28. The number of nitrogens with zero attached hydrogens (tertiary/aromatic N) is 7. The van der Waals surface area contributed by atoms with Gasteiger partial charge in [-0.2, -0.15) is 5.10 Å². The van der Waals surface area contributed by atoms with Gasteiger partial charge in [0.15, 0.2) is 0 Å². The molecule has 1 aromatic carbocycles. The van der Waals surface area contributed by atoms with Gasteiger partial charge < -0.3 is 15.0 Å². The van der Waals surface area contributed by atoms with Crippen molar-refractivity contribution in [2.45, 2.75) is 33.4 Å². The number of hydrogen-bond donors (Lipinski definition) is 1. The van der Waals surface area contributed by atoms with Crippen LogP contribution in [0.15, 0.2) is 60.9 Å². The van der Waals surface area contributed by atoms with E-state index in [1.807, 2.05) is 73.3 Å². The van der Waals surface area contributed by atoms with Gasteiger partial charge in [-0.1, -0.05) is 12.1 Å². The molecular formula is C31H36N8O2. The van der Waals surface area contributed by atoms with E-state index < -0.39 is 0 Å². The van der Waals surface area contributed by atoms with Gasteiger partial charge in [0, 0.05) is 55.6 Å². The second kappa shape index (κ2) is 11.3. The quantitative estimate of drug-likeness (QED) is 0.311. The van der Waals surface area contributed by atoms with E-state index in [4.69, 9.17) is 9.84 Å². The fourth-order valence-electron chi connectivity index (χ4n) is 5.51. The maximum Gasteiger partial charge on any atom is 0.274 e. The van der Waals surface area contributed by atoms with Crippen molar-refractivity contribution >= 4 is 28.1 Å². The lowest BCUT2D eigenvalue weighted by Gasteiger charge is -2.37. The molecule has 0 saturated carbocycles. The summed E-state index contributed by atoms with van der Waals surface area (Å²) >= 11 is 0. The zero-order valence-electron chi connectivity index (χ0n) is 24.0. The number of anilines is 1. The van der Waals surface area contributed by atoms with Crippen LogP contribution >= 0.6 is 0 Å². The topological polar surface area (TPSA) is 92.8 Å². The number of ether oxygens (including phenoxy) is 1. The molecule has 0 aliphatic carbocycles. The van der Waals surface area contributed by atoms with E-state index in [0.717, 1.165) is 59.9 Å². The lowest BCUT2D eigenvalue weighted by atomic mass is 10.1. The number of fused-ring (bicyclic) bond motifs is 2. The Kier molecular flexibility index (Phi) is 7.42. The third-order valence-corrected chi connectivity index (χ3v) is 7.90. The molecule has 0 bridgehead atoms. The van der Waals surface area contributed by atoms with Crippen LogP contribution < -0.4 is 10.1 Å². The SMILES string of the molecule is Cc1cccc(Cn2nc(C)c3c(NC(=O)c4cnc5cc(OCCN6CCN(C)[C@@H](C)C6)ccn45)cccc32)n1. The summed E-state index contributed by atoms with van der Waals surface area (Å²) in [4.78, 5) is 27.3. The van der Waals surface area contributed by atoms with Crippen LogP contribution in [0.1, 0.15) is 34.5 Å². The van der Waals surface area contributed by atoms with Crippen molar-refractivity contribution in [1.82, 2.24) is 33.9 Å². The van der Waals surface area contributed by atoms with Gasteiger partial charge in [0.05, 0.1) is 35.3 Å².